The number of β-amino-alcohol motifs (C(OH)–C–C–N with tert-alkyl or cyclic N) is 1. The zero-order chi connectivity index (χ0) is 19.2. The highest BCUT2D eigenvalue weighted by atomic mass is 16.4. The van der Waals surface area contributed by atoms with Gasteiger partial charge in [0.2, 0.25) is 0 Å². The van der Waals surface area contributed by atoms with Crippen LogP contribution in [0.2, 0.25) is 0 Å². The van der Waals surface area contributed by atoms with E-state index in [-0.39, 0.29) is 17.9 Å². The van der Waals surface area contributed by atoms with Gasteiger partial charge in [-0.05, 0) is 36.9 Å². The number of carbonyl (C=O) groups is 1. The monoisotopic (exact) mass is 373 g/mol. The van der Waals surface area contributed by atoms with Gasteiger partial charge in [-0.15, -0.1) is 10.2 Å². The number of nitrogens with zero attached hydrogens (tertiary/aromatic N) is 3. The fraction of sp³-hybridized carbons (Fsp3) is 0.579. The summed E-state index contributed by atoms with van der Waals surface area (Å²) in [7, 11) is 0. The van der Waals surface area contributed by atoms with E-state index in [0.29, 0.717) is 25.2 Å². The largest absolute Gasteiger partial charge is 0.481 e. The first-order chi connectivity index (χ1) is 13.1. The van der Waals surface area contributed by atoms with Gasteiger partial charge in [0.25, 0.3) is 0 Å². The van der Waals surface area contributed by atoms with Crippen LogP contribution in [0.5, 0.6) is 0 Å². The molecule has 0 radical (unpaired) electrons. The van der Waals surface area contributed by atoms with Crippen LogP contribution < -0.4 is 5.32 Å². The van der Waals surface area contributed by atoms with E-state index in [4.69, 9.17) is 0 Å². The molecule has 3 rings (SSSR count). The molecule has 27 heavy (non-hydrogen) atoms. The van der Waals surface area contributed by atoms with Crippen molar-refractivity contribution in [2.24, 2.45) is 5.92 Å². The summed E-state index contributed by atoms with van der Waals surface area (Å²) in [5.74, 6) is -1.15. The first kappa shape index (κ1) is 19.4. The molecular weight excluding hydrogens is 346 g/mol. The molecule has 0 spiro atoms. The first-order valence-corrected chi connectivity index (χ1v) is 9.54. The maximum absolute atomic E-state index is 11.8. The third kappa shape index (κ3) is 4.70. The van der Waals surface area contributed by atoms with Crippen LogP contribution >= 0.6 is 0 Å². The Bertz CT molecular complexity index is 719. The van der Waals surface area contributed by atoms with E-state index >= 15 is 0 Å². The van der Waals surface area contributed by atoms with Crippen LogP contribution in [-0.4, -0.2) is 56.0 Å². The van der Waals surface area contributed by atoms with Gasteiger partial charge in [0, 0.05) is 18.4 Å². The SMILES string of the molecule is CCCC(C(=O)O)C(Cc1ccc(C2CCNCC2O)cc1)c1nn[nH]n1. The lowest BCUT2D eigenvalue weighted by atomic mass is 9.82. The number of piperidine rings is 1. The number of aliphatic carboxylic acids is 1. The second-order valence-electron chi connectivity index (χ2n) is 7.22. The topological polar surface area (TPSA) is 124 Å². The molecule has 1 aliphatic heterocycles. The summed E-state index contributed by atoms with van der Waals surface area (Å²) >= 11 is 0. The Morgan fingerprint density at radius 2 is 2.11 bits per heavy atom. The normalized spacial score (nSPS) is 22.3. The van der Waals surface area contributed by atoms with E-state index in [0.717, 1.165) is 30.5 Å². The number of carboxylic acids is 1. The molecule has 4 N–H and O–H groups in total. The number of carboxylic acid groups (broad SMARTS) is 1. The van der Waals surface area contributed by atoms with Crippen LogP contribution in [0.15, 0.2) is 24.3 Å². The molecule has 4 unspecified atom stereocenters. The van der Waals surface area contributed by atoms with Crippen molar-refractivity contribution < 1.29 is 15.0 Å². The summed E-state index contributed by atoms with van der Waals surface area (Å²) in [6, 6.07) is 8.11. The van der Waals surface area contributed by atoms with Gasteiger partial charge in [-0.1, -0.05) is 42.8 Å². The van der Waals surface area contributed by atoms with Crippen molar-refractivity contribution in [3.05, 3.63) is 41.2 Å². The lowest BCUT2D eigenvalue weighted by molar-refractivity contribution is -0.142. The third-order valence-corrected chi connectivity index (χ3v) is 5.41. The number of rotatable bonds is 8. The minimum absolute atomic E-state index is 0.139. The Kier molecular flexibility index (Phi) is 6.52. The summed E-state index contributed by atoms with van der Waals surface area (Å²) in [5.41, 5.74) is 2.14. The molecule has 1 aliphatic rings. The van der Waals surface area contributed by atoms with Crippen LogP contribution in [0.25, 0.3) is 0 Å². The van der Waals surface area contributed by atoms with Gasteiger partial charge in [0.15, 0.2) is 5.82 Å². The Labute approximate surface area is 158 Å². The molecule has 2 aromatic rings. The van der Waals surface area contributed by atoms with Crippen LogP contribution in [0.4, 0.5) is 0 Å². The zero-order valence-electron chi connectivity index (χ0n) is 15.5. The number of H-pyrrole nitrogens is 1. The number of hydrogen-bond acceptors (Lipinski definition) is 6. The maximum Gasteiger partial charge on any atom is 0.307 e. The van der Waals surface area contributed by atoms with Crippen molar-refractivity contribution in [3.63, 3.8) is 0 Å². The summed E-state index contributed by atoms with van der Waals surface area (Å²) in [4.78, 5) is 11.8. The summed E-state index contributed by atoms with van der Waals surface area (Å²) in [6.45, 7) is 3.49. The quantitative estimate of drug-likeness (QED) is 0.552. The number of hydrogen-bond donors (Lipinski definition) is 4. The smallest absolute Gasteiger partial charge is 0.307 e. The fourth-order valence-corrected chi connectivity index (χ4v) is 3.93. The average molecular weight is 373 g/mol. The molecule has 1 fully saturated rings. The Balaban J connectivity index is 1.78. The highest BCUT2D eigenvalue weighted by Gasteiger charge is 2.32. The van der Waals surface area contributed by atoms with Gasteiger partial charge in [-0.25, -0.2) is 0 Å². The van der Waals surface area contributed by atoms with Crippen LogP contribution in [-0.2, 0) is 11.2 Å². The van der Waals surface area contributed by atoms with Gasteiger partial charge in [-0.2, -0.15) is 5.21 Å². The highest BCUT2D eigenvalue weighted by Crippen LogP contribution is 2.31. The molecular formula is C19H27N5O3. The lowest BCUT2D eigenvalue weighted by Gasteiger charge is -2.29. The van der Waals surface area contributed by atoms with E-state index < -0.39 is 11.9 Å². The van der Waals surface area contributed by atoms with E-state index in [9.17, 15) is 15.0 Å². The van der Waals surface area contributed by atoms with Crippen molar-refractivity contribution >= 4 is 5.97 Å². The minimum atomic E-state index is -0.832. The second-order valence-corrected chi connectivity index (χ2v) is 7.22. The van der Waals surface area contributed by atoms with Crippen molar-refractivity contribution in [2.75, 3.05) is 13.1 Å². The number of aromatic nitrogens is 4. The predicted octanol–water partition coefficient (Wildman–Crippen LogP) is 1.46. The molecule has 8 heteroatoms. The molecule has 4 atom stereocenters. The molecule has 1 aromatic heterocycles. The number of benzene rings is 1. The van der Waals surface area contributed by atoms with Crippen molar-refractivity contribution in [3.8, 4) is 0 Å². The van der Waals surface area contributed by atoms with E-state index in [2.05, 4.69) is 25.9 Å². The molecule has 1 saturated heterocycles. The number of nitrogens with one attached hydrogen (secondary N) is 2. The summed E-state index contributed by atoms with van der Waals surface area (Å²) < 4.78 is 0. The number of aliphatic hydroxyl groups excluding tert-OH is 1. The average Bonchev–Trinajstić information content (AvgIpc) is 3.20. The molecule has 0 amide bonds. The van der Waals surface area contributed by atoms with Crippen LogP contribution in [0.1, 0.15) is 55.0 Å². The number of aromatic amines is 1. The van der Waals surface area contributed by atoms with E-state index in [1.54, 1.807) is 0 Å². The van der Waals surface area contributed by atoms with Gasteiger partial charge >= 0.3 is 5.97 Å². The Hall–Kier alpha value is -2.32. The van der Waals surface area contributed by atoms with Crippen molar-refractivity contribution in [2.45, 2.75) is 50.5 Å². The van der Waals surface area contributed by atoms with E-state index in [1.165, 1.54) is 0 Å². The zero-order valence-corrected chi connectivity index (χ0v) is 15.5. The van der Waals surface area contributed by atoms with Gasteiger partial charge in [0.1, 0.15) is 0 Å². The maximum atomic E-state index is 11.8. The highest BCUT2D eigenvalue weighted by molar-refractivity contribution is 5.71. The number of aliphatic hydroxyl groups is 1. The second kappa shape index (κ2) is 9.05. The van der Waals surface area contributed by atoms with E-state index in [1.807, 2.05) is 31.2 Å². The molecule has 0 aliphatic carbocycles. The fourth-order valence-electron chi connectivity index (χ4n) is 3.93. The van der Waals surface area contributed by atoms with Crippen molar-refractivity contribution in [1.82, 2.24) is 25.9 Å². The van der Waals surface area contributed by atoms with Crippen LogP contribution in [0.3, 0.4) is 0 Å². The predicted molar refractivity (Wildman–Crippen MR) is 99.3 cm³/mol. The van der Waals surface area contributed by atoms with Gasteiger partial charge < -0.3 is 15.5 Å². The van der Waals surface area contributed by atoms with Gasteiger partial charge in [-0.3, -0.25) is 4.79 Å². The summed E-state index contributed by atoms with van der Waals surface area (Å²) in [6.07, 6.45) is 2.40. The third-order valence-electron chi connectivity index (χ3n) is 5.41. The van der Waals surface area contributed by atoms with Crippen molar-refractivity contribution in [1.29, 1.82) is 0 Å². The minimum Gasteiger partial charge on any atom is -0.481 e. The lowest BCUT2D eigenvalue weighted by Crippen LogP contribution is -2.39. The molecule has 146 valence electrons. The molecule has 8 nitrogen and oxygen atoms in total. The molecule has 0 bridgehead atoms. The Morgan fingerprint density at radius 1 is 1.33 bits per heavy atom. The molecule has 2 heterocycles. The standard InChI is InChI=1S/C19H27N5O3/c1-2-3-15(19(26)27)16(18-21-23-24-22-18)10-12-4-6-13(7-5-12)14-8-9-20-11-17(14)25/h4-7,14-17,20,25H,2-3,8-11H2,1H3,(H,26,27)(H,21,22,23,24). The Morgan fingerprint density at radius 3 is 2.70 bits per heavy atom. The summed E-state index contributed by atoms with van der Waals surface area (Å²) in [5, 5.41) is 37.2. The molecule has 0 saturated carbocycles. The number of tetrazole rings is 1. The van der Waals surface area contributed by atoms with Gasteiger partial charge in [0.05, 0.1) is 12.0 Å². The first-order valence-electron chi connectivity index (χ1n) is 9.54. The molecule has 1 aromatic carbocycles. The van der Waals surface area contributed by atoms with Crippen LogP contribution in [0, 0.1) is 5.92 Å².